The van der Waals surface area contributed by atoms with Gasteiger partial charge in [-0.15, -0.1) is 0 Å². The molecular weight excluding hydrogens is 246 g/mol. The number of pyridine rings is 2. The van der Waals surface area contributed by atoms with E-state index >= 15 is 0 Å². The maximum atomic E-state index is 9.25. The van der Waals surface area contributed by atoms with Crippen molar-refractivity contribution >= 4 is 45.7 Å². The van der Waals surface area contributed by atoms with Gasteiger partial charge < -0.3 is 5.11 Å². The molecule has 0 radical (unpaired) electrons. The Morgan fingerprint density at radius 3 is 2.50 bits per heavy atom. The van der Waals surface area contributed by atoms with Gasteiger partial charge in [0.2, 0.25) is 5.88 Å². The molecule has 14 heavy (non-hydrogen) atoms. The number of nitrogens with zero attached hydrogens (tertiary/aromatic N) is 2. The van der Waals surface area contributed by atoms with Gasteiger partial charge in [-0.3, -0.25) is 0 Å². The molecule has 2 heterocycles. The third-order valence-electron chi connectivity index (χ3n) is 1.67. The average Bonchev–Trinajstić information content (AvgIpc) is 2.08. The van der Waals surface area contributed by atoms with Crippen molar-refractivity contribution in [2.24, 2.45) is 0 Å². The highest BCUT2D eigenvalue weighted by atomic mass is 35.5. The number of aromatic nitrogens is 2. The Morgan fingerprint density at radius 1 is 1.07 bits per heavy atom. The zero-order valence-corrected chi connectivity index (χ0v) is 8.90. The van der Waals surface area contributed by atoms with Gasteiger partial charge in [-0.25, -0.2) is 9.97 Å². The van der Waals surface area contributed by atoms with Crippen LogP contribution in [0.4, 0.5) is 0 Å². The monoisotopic (exact) mass is 248 g/mol. The molecule has 0 atom stereocenters. The fraction of sp³-hybridized carbons (Fsp3) is 0. The van der Waals surface area contributed by atoms with Crippen molar-refractivity contribution in [1.82, 2.24) is 9.97 Å². The summed E-state index contributed by atoms with van der Waals surface area (Å²) >= 11 is 17.1. The number of hydrogen-bond donors (Lipinski definition) is 1. The lowest BCUT2D eigenvalue weighted by molar-refractivity contribution is 0.456. The summed E-state index contributed by atoms with van der Waals surface area (Å²) in [6.07, 6.45) is 0. The third-order valence-corrected chi connectivity index (χ3v) is 2.43. The molecule has 0 unspecified atom stereocenters. The molecule has 0 bridgehead atoms. The summed E-state index contributed by atoms with van der Waals surface area (Å²) < 4.78 is 0. The van der Waals surface area contributed by atoms with Crippen LogP contribution in [-0.4, -0.2) is 15.1 Å². The minimum absolute atomic E-state index is 0.128. The molecule has 0 spiro atoms. The van der Waals surface area contributed by atoms with E-state index in [1.54, 1.807) is 0 Å². The topological polar surface area (TPSA) is 46.0 Å². The molecule has 1 N–H and O–H groups in total. The largest absolute Gasteiger partial charge is 0.492 e. The molecule has 6 heteroatoms. The maximum absolute atomic E-state index is 9.25. The molecule has 3 nitrogen and oxygen atoms in total. The van der Waals surface area contributed by atoms with Crippen LogP contribution in [0.1, 0.15) is 0 Å². The van der Waals surface area contributed by atoms with E-state index in [0.29, 0.717) is 10.9 Å². The molecule has 72 valence electrons. The highest BCUT2D eigenvalue weighted by molar-refractivity contribution is 6.37. The van der Waals surface area contributed by atoms with Gasteiger partial charge in [-0.1, -0.05) is 34.8 Å². The second kappa shape index (κ2) is 3.42. The smallest absolute Gasteiger partial charge is 0.230 e. The van der Waals surface area contributed by atoms with Gasteiger partial charge in [-0.05, 0) is 6.07 Å². The zero-order chi connectivity index (χ0) is 10.3. The number of halogens is 3. The molecule has 0 saturated carbocycles. The normalized spacial score (nSPS) is 10.8. The average molecular weight is 249 g/mol. The first-order chi connectivity index (χ1) is 6.58. The predicted molar refractivity (Wildman–Crippen MR) is 56.2 cm³/mol. The van der Waals surface area contributed by atoms with Gasteiger partial charge >= 0.3 is 0 Å². The van der Waals surface area contributed by atoms with Crippen LogP contribution in [0.5, 0.6) is 5.88 Å². The molecule has 0 aliphatic rings. The molecule has 0 aliphatic heterocycles. The fourth-order valence-corrected chi connectivity index (χ4v) is 1.69. The Morgan fingerprint density at radius 2 is 1.79 bits per heavy atom. The van der Waals surface area contributed by atoms with E-state index < -0.39 is 0 Å². The maximum Gasteiger partial charge on any atom is 0.230 e. The first-order valence-corrected chi connectivity index (χ1v) is 4.72. The highest BCUT2D eigenvalue weighted by Crippen LogP contribution is 2.30. The van der Waals surface area contributed by atoms with Crippen molar-refractivity contribution in [2.45, 2.75) is 0 Å². The van der Waals surface area contributed by atoms with Gasteiger partial charge in [0.15, 0.2) is 0 Å². The van der Waals surface area contributed by atoms with Crippen LogP contribution in [0.2, 0.25) is 15.3 Å². The van der Waals surface area contributed by atoms with Crippen molar-refractivity contribution < 1.29 is 5.11 Å². The van der Waals surface area contributed by atoms with Crippen LogP contribution >= 0.6 is 34.8 Å². The van der Waals surface area contributed by atoms with Gasteiger partial charge in [0.05, 0.1) is 5.52 Å². The highest BCUT2D eigenvalue weighted by Gasteiger charge is 2.08. The quantitative estimate of drug-likeness (QED) is 0.729. The second-order valence-corrected chi connectivity index (χ2v) is 3.75. The summed E-state index contributed by atoms with van der Waals surface area (Å²) in [7, 11) is 0. The first kappa shape index (κ1) is 9.77. The van der Waals surface area contributed by atoms with Crippen LogP contribution in [0, 0.1) is 0 Å². The third kappa shape index (κ3) is 1.59. The minimum Gasteiger partial charge on any atom is -0.492 e. The molecule has 0 saturated heterocycles. The van der Waals surface area contributed by atoms with Crippen molar-refractivity contribution in [3.05, 3.63) is 27.5 Å². The number of aromatic hydroxyl groups is 1. The van der Waals surface area contributed by atoms with Crippen molar-refractivity contribution in [1.29, 1.82) is 0 Å². The van der Waals surface area contributed by atoms with Crippen molar-refractivity contribution in [3.63, 3.8) is 0 Å². The van der Waals surface area contributed by atoms with Crippen LogP contribution < -0.4 is 0 Å². The Hall–Kier alpha value is -0.770. The van der Waals surface area contributed by atoms with Crippen LogP contribution in [0.3, 0.4) is 0 Å². The summed E-state index contributed by atoms with van der Waals surface area (Å²) in [6.45, 7) is 0. The Labute approximate surface area is 94.3 Å². The van der Waals surface area contributed by atoms with Gasteiger partial charge in [0.1, 0.15) is 15.3 Å². The lowest BCUT2D eigenvalue weighted by Gasteiger charge is -2.02. The second-order valence-electron chi connectivity index (χ2n) is 2.60. The number of hydrogen-bond acceptors (Lipinski definition) is 3. The van der Waals surface area contributed by atoms with Gasteiger partial charge in [0.25, 0.3) is 0 Å². The summed E-state index contributed by atoms with van der Waals surface area (Å²) in [5.41, 5.74) is 0.455. The minimum atomic E-state index is -0.252. The van der Waals surface area contributed by atoms with Gasteiger partial charge in [0, 0.05) is 11.5 Å². The zero-order valence-electron chi connectivity index (χ0n) is 6.63. The van der Waals surface area contributed by atoms with E-state index in [0.717, 1.165) is 0 Å². The molecule has 0 amide bonds. The van der Waals surface area contributed by atoms with E-state index in [1.807, 2.05) is 0 Å². The first-order valence-electron chi connectivity index (χ1n) is 3.59. The fourth-order valence-electron chi connectivity index (χ4n) is 1.07. The van der Waals surface area contributed by atoms with E-state index in [9.17, 15) is 5.11 Å². The molecule has 0 fully saturated rings. The molecular formula is C8H3Cl3N2O. The number of rotatable bonds is 0. The Bertz CT molecular complexity index is 515. The van der Waals surface area contributed by atoms with Crippen LogP contribution in [0.25, 0.3) is 10.9 Å². The lowest BCUT2D eigenvalue weighted by atomic mass is 10.3. The molecule has 0 aliphatic carbocycles. The lowest BCUT2D eigenvalue weighted by Crippen LogP contribution is -1.85. The summed E-state index contributed by atoms with van der Waals surface area (Å²) in [6, 6.07) is 2.99. The molecule has 2 aromatic heterocycles. The van der Waals surface area contributed by atoms with E-state index in [2.05, 4.69) is 9.97 Å². The summed E-state index contributed by atoms with van der Waals surface area (Å²) in [5, 5.41) is 10.4. The van der Waals surface area contributed by atoms with Crippen molar-refractivity contribution in [2.75, 3.05) is 0 Å². The summed E-state index contributed by atoms with van der Waals surface area (Å²) in [5.74, 6) is -0.252. The summed E-state index contributed by atoms with van der Waals surface area (Å²) in [4.78, 5) is 7.63. The van der Waals surface area contributed by atoms with E-state index in [4.69, 9.17) is 34.8 Å². The standard InChI is InChI=1S/C8H3Cl3N2O/c9-4-1-3-5(12-8(4)14)2-6(10)13-7(3)11/h1-2H,(H,12,14). The number of fused-ring (bicyclic) bond motifs is 1. The Balaban J connectivity index is 2.89. The van der Waals surface area contributed by atoms with E-state index in [-0.39, 0.29) is 21.2 Å². The predicted octanol–water partition coefficient (Wildman–Crippen LogP) is 3.30. The molecule has 2 aromatic rings. The van der Waals surface area contributed by atoms with Crippen molar-refractivity contribution in [3.8, 4) is 5.88 Å². The molecule has 0 aromatic carbocycles. The van der Waals surface area contributed by atoms with Crippen LogP contribution in [0.15, 0.2) is 12.1 Å². The SMILES string of the molecule is Oc1nc2cc(Cl)nc(Cl)c2cc1Cl. The molecule has 2 rings (SSSR count). The van der Waals surface area contributed by atoms with Gasteiger partial charge in [-0.2, -0.15) is 0 Å². The Kier molecular flexibility index (Phi) is 2.39. The van der Waals surface area contributed by atoms with Crippen LogP contribution in [-0.2, 0) is 0 Å². The van der Waals surface area contributed by atoms with E-state index in [1.165, 1.54) is 12.1 Å².